The van der Waals surface area contributed by atoms with Gasteiger partial charge in [-0.25, -0.2) is 8.42 Å². The van der Waals surface area contributed by atoms with Crippen LogP contribution in [0.4, 0.5) is 0 Å². The molecule has 1 saturated heterocycles. The Morgan fingerprint density at radius 1 is 1.21 bits per heavy atom. The Kier molecular flexibility index (Phi) is 5.25. The summed E-state index contributed by atoms with van der Waals surface area (Å²) >= 11 is 13.2. The van der Waals surface area contributed by atoms with Crippen molar-refractivity contribution in [2.45, 2.75) is 17.7 Å². The van der Waals surface area contributed by atoms with Gasteiger partial charge in [-0.05, 0) is 19.1 Å². The Morgan fingerprint density at radius 2 is 1.88 bits per heavy atom. The van der Waals surface area contributed by atoms with Crippen molar-refractivity contribution in [1.82, 2.24) is 19.0 Å². The van der Waals surface area contributed by atoms with E-state index < -0.39 is 10.0 Å². The van der Waals surface area contributed by atoms with Gasteiger partial charge in [0.25, 0.3) is 10.0 Å². The average molecular weight is 409 g/mol. The molecular weight excluding hydrogens is 391 g/mol. The number of halogens is 2. The van der Waals surface area contributed by atoms with Crippen LogP contribution in [0.5, 0.6) is 0 Å². The van der Waals surface area contributed by atoms with Gasteiger partial charge >= 0.3 is 0 Å². The maximum absolute atomic E-state index is 12.6. The average Bonchev–Trinajstić information content (AvgIpc) is 3.08. The highest BCUT2D eigenvalue weighted by atomic mass is 35.5. The number of sulfonamides is 1. The van der Waals surface area contributed by atoms with Crippen molar-refractivity contribution in [1.29, 1.82) is 0 Å². The van der Waals surface area contributed by atoms with Crippen LogP contribution < -0.4 is 0 Å². The van der Waals surface area contributed by atoms with Gasteiger partial charge in [0, 0.05) is 45.3 Å². The maximum atomic E-state index is 12.6. The van der Waals surface area contributed by atoms with Crippen molar-refractivity contribution in [2.24, 2.45) is 7.05 Å². The summed E-state index contributed by atoms with van der Waals surface area (Å²) in [4.78, 5) is 2.20. The molecule has 2 aromatic rings. The lowest BCUT2D eigenvalue weighted by atomic mass is 10.2. The smallest absolute Gasteiger partial charge is 0.252 e. The van der Waals surface area contributed by atoms with Gasteiger partial charge in [-0.15, -0.1) is 11.3 Å². The molecule has 0 unspecified atom stereocenters. The fourth-order valence-electron chi connectivity index (χ4n) is 2.77. The minimum atomic E-state index is -3.45. The van der Waals surface area contributed by atoms with Crippen LogP contribution in [-0.2, 0) is 23.6 Å². The van der Waals surface area contributed by atoms with E-state index in [4.69, 9.17) is 23.2 Å². The molecule has 1 aliphatic heterocycles. The second-order valence-corrected chi connectivity index (χ2v) is 9.96. The molecule has 1 aliphatic rings. The molecule has 0 aliphatic carbocycles. The molecule has 24 heavy (non-hydrogen) atoms. The molecule has 0 atom stereocenters. The monoisotopic (exact) mass is 408 g/mol. The van der Waals surface area contributed by atoms with Crippen molar-refractivity contribution < 1.29 is 8.42 Å². The standard InChI is InChI=1S/C14H18Cl2N4O2S2/c1-10-11(14(16)18(2)17-10)9-19-5-7-20(8-6-19)24(21,22)13-4-3-12(15)23-13/h3-4H,5-9H2,1-2H3. The third-order valence-corrected chi connectivity index (χ3v) is 8.20. The molecule has 0 N–H and O–H groups in total. The summed E-state index contributed by atoms with van der Waals surface area (Å²) in [5, 5.41) is 4.95. The molecule has 2 aromatic heterocycles. The van der Waals surface area contributed by atoms with Crippen molar-refractivity contribution in [3.8, 4) is 0 Å². The molecule has 6 nitrogen and oxygen atoms in total. The molecular formula is C14H18Cl2N4O2S2. The highest BCUT2D eigenvalue weighted by Crippen LogP contribution is 2.29. The Bertz CT molecular complexity index is 839. The molecule has 0 amide bonds. The first-order chi connectivity index (χ1) is 11.3. The van der Waals surface area contributed by atoms with Crippen molar-refractivity contribution in [3.05, 3.63) is 32.9 Å². The predicted molar refractivity (Wildman–Crippen MR) is 96.3 cm³/mol. The van der Waals surface area contributed by atoms with Gasteiger partial charge in [0.15, 0.2) is 0 Å². The molecule has 0 radical (unpaired) electrons. The zero-order valence-corrected chi connectivity index (χ0v) is 16.5. The third-order valence-electron chi connectivity index (χ3n) is 4.13. The molecule has 0 saturated carbocycles. The molecule has 3 heterocycles. The second kappa shape index (κ2) is 6.93. The summed E-state index contributed by atoms with van der Waals surface area (Å²) < 4.78 is 29.2. The third kappa shape index (κ3) is 3.49. The van der Waals surface area contributed by atoms with Gasteiger partial charge in [0.2, 0.25) is 0 Å². The van der Waals surface area contributed by atoms with E-state index in [-0.39, 0.29) is 0 Å². The molecule has 3 rings (SSSR count). The molecule has 0 bridgehead atoms. The van der Waals surface area contributed by atoms with Gasteiger partial charge in [-0.1, -0.05) is 23.2 Å². The summed E-state index contributed by atoms with van der Waals surface area (Å²) in [5.74, 6) is 0. The van der Waals surface area contributed by atoms with Crippen molar-refractivity contribution >= 4 is 44.6 Å². The second-order valence-electron chi connectivity index (χ2n) is 5.72. The number of aromatic nitrogens is 2. The summed E-state index contributed by atoms with van der Waals surface area (Å²) in [6.07, 6.45) is 0. The lowest BCUT2D eigenvalue weighted by molar-refractivity contribution is 0.181. The van der Waals surface area contributed by atoms with Gasteiger partial charge < -0.3 is 0 Å². The number of nitrogens with zero attached hydrogens (tertiary/aromatic N) is 4. The highest BCUT2D eigenvalue weighted by molar-refractivity contribution is 7.91. The van der Waals surface area contributed by atoms with Crippen LogP contribution in [0.25, 0.3) is 0 Å². The van der Waals surface area contributed by atoms with Crippen molar-refractivity contribution in [3.63, 3.8) is 0 Å². The zero-order valence-electron chi connectivity index (χ0n) is 13.4. The predicted octanol–water partition coefficient (Wildman–Crippen LogP) is 2.60. The first-order valence-corrected chi connectivity index (χ1v) is 10.5. The van der Waals surface area contributed by atoms with E-state index in [0.717, 1.165) is 22.6 Å². The summed E-state index contributed by atoms with van der Waals surface area (Å²) in [6.45, 7) is 4.83. The Labute approximate surface area is 155 Å². The minimum absolute atomic E-state index is 0.298. The lowest BCUT2D eigenvalue weighted by Gasteiger charge is -2.33. The first kappa shape index (κ1) is 18.2. The van der Waals surface area contributed by atoms with Crippen LogP contribution in [0.1, 0.15) is 11.3 Å². The van der Waals surface area contributed by atoms with E-state index in [2.05, 4.69) is 10.00 Å². The van der Waals surface area contributed by atoms with E-state index in [1.54, 1.807) is 16.8 Å². The normalized spacial score (nSPS) is 17.5. The van der Waals surface area contributed by atoms with E-state index in [1.807, 2.05) is 14.0 Å². The van der Waals surface area contributed by atoms with Crippen LogP contribution in [0.2, 0.25) is 9.49 Å². The zero-order chi connectivity index (χ0) is 17.5. The van der Waals surface area contributed by atoms with Crippen molar-refractivity contribution in [2.75, 3.05) is 26.2 Å². The Balaban J connectivity index is 1.66. The molecule has 132 valence electrons. The van der Waals surface area contributed by atoms with E-state index in [9.17, 15) is 8.42 Å². The molecule has 1 fully saturated rings. The largest absolute Gasteiger partial charge is 0.296 e. The van der Waals surface area contributed by atoms with Crippen LogP contribution in [0.15, 0.2) is 16.3 Å². The van der Waals surface area contributed by atoms with Crippen LogP contribution >= 0.6 is 34.5 Å². The van der Waals surface area contributed by atoms with E-state index in [0.29, 0.717) is 46.4 Å². The summed E-state index contributed by atoms with van der Waals surface area (Å²) in [7, 11) is -1.64. The quantitative estimate of drug-likeness (QED) is 0.779. The van der Waals surface area contributed by atoms with Gasteiger partial charge in [0.05, 0.1) is 10.0 Å². The number of hydrogen-bond donors (Lipinski definition) is 0. The Morgan fingerprint density at radius 3 is 2.38 bits per heavy atom. The first-order valence-electron chi connectivity index (χ1n) is 7.45. The van der Waals surface area contributed by atoms with Crippen LogP contribution in [0, 0.1) is 6.92 Å². The van der Waals surface area contributed by atoms with Gasteiger partial charge in [0.1, 0.15) is 9.36 Å². The number of thiophene rings is 1. The topological polar surface area (TPSA) is 58.4 Å². The van der Waals surface area contributed by atoms with Gasteiger partial charge in [-0.3, -0.25) is 9.58 Å². The number of piperazine rings is 1. The lowest BCUT2D eigenvalue weighted by Crippen LogP contribution is -2.48. The molecule has 0 spiro atoms. The fourth-order valence-corrected chi connectivity index (χ4v) is 6.06. The van der Waals surface area contributed by atoms with E-state index in [1.165, 1.54) is 4.31 Å². The number of hydrogen-bond acceptors (Lipinski definition) is 5. The fraction of sp³-hybridized carbons (Fsp3) is 0.500. The molecule has 10 heteroatoms. The van der Waals surface area contributed by atoms with Gasteiger partial charge in [-0.2, -0.15) is 9.40 Å². The highest BCUT2D eigenvalue weighted by Gasteiger charge is 2.30. The number of rotatable bonds is 4. The summed E-state index contributed by atoms with van der Waals surface area (Å²) in [5.41, 5.74) is 1.91. The Hall–Kier alpha value is -0.640. The summed E-state index contributed by atoms with van der Waals surface area (Å²) in [6, 6.07) is 3.18. The maximum Gasteiger partial charge on any atom is 0.252 e. The SMILES string of the molecule is Cc1nn(C)c(Cl)c1CN1CCN(S(=O)(=O)c2ccc(Cl)s2)CC1. The minimum Gasteiger partial charge on any atom is -0.296 e. The van der Waals surface area contributed by atoms with Crippen LogP contribution in [-0.4, -0.2) is 53.6 Å². The van der Waals surface area contributed by atoms with E-state index >= 15 is 0 Å². The number of aryl methyl sites for hydroxylation is 2. The van der Waals surface area contributed by atoms with Crippen LogP contribution in [0.3, 0.4) is 0 Å². The molecule has 0 aromatic carbocycles.